The molecule has 1 heterocycles. The second kappa shape index (κ2) is 4.06. The highest BCUT2D eigenvalue weighted by Gasteiger charge is 2.05. The Morgan fingerprint density at radius 3 is 2.86 bits per heavy atom. The first kappa shape index (κ1) is 10.5. The van der Waals surface area contributed by atoms with Crippen LogP contribution in [0.15, 0.2) is 24.3 Å². The van der Waals surface area contributed by atoms with Crippen molar-refractivity contribution in [3.63, 3.8) is 0 Å². The molecule has 2 aromatic rings. The minimum atomic E-state index is -0.921. The van der Waals surface area contributed by atoms with Crippen LogP contribution in [0.2, 0.25) is 0 Å². The molecule has 1 N–H and O–H groups in total. The van der Waals surface area contributed by atoms with E-state index in [2.05, 4.69) is 10.3 Å². The molecule has 0 spiro atoms. The van der Waals surface area contributed by atoms with Crippen LogP contribution in [0.3, 0.4) is 0 Å². The van der Waals surface area contributed by atoms with Gasteiger partial charge in [-0.05, 0) is 12.1 Å². The number of nitrogens with zero attached hydrogens (tertiary/aromatic N) is 3. The number of carbonyl (C=O) groups is 1. The number of hydrogen-bond donors (Lipinski definition) is 1. The smallest absolute Gasteiger partial charge is 0.325 e. The third-order valence-corrected chi connectivity index (χ3v) is 1.71. The average molecular weight is 214 g/mol. The van der Waals surface area contributed by atoms with Gasteiger partial charge in [-0.15, -0.1) is 17.5 Å². The van der Waals surface area contributed by atoms with Gasteiger partial charge in [0.15, 0.2) is 0 Å². The van der Waals surface area contributed by atoms with E-state index in [0.717, 1.165) is 5.52 Å². The summed E-state index contributed by atoms with van der Waals surface area (Å²) >= 11 is 0. The van der Waals surface area contributed by atoms with Crippen molar-refractivity contribution in [1.82, 2.24) is 15.0 Å². The number of benzene rings is 1. The van der Waals surface area contributed by atoms with E-state index in [-0.39, 0.29) is 19.0 Å². The Morgan fingerprint density at radius 2 is 2.14 bits per heavy atom. The molecule has 5 nitrogen and oxygen atoms in total. The molecule has 0 saturated heterocycles. The number of hydrogen-bond acceptors (Lipinski definition) is 3. The third-order valence-electron chi connectivity index (χ3n) is 1.71. The predicted octanol–water partition coefficient (Wildman–Crippen LogP) is 0.938. The van der Waals surface area contributed by atoms with Crippen molar-refractivity contribution in [2.24, 2.45) is 0 Å². The highest BCUT2D eigenvalue weighted by molar-refractivity contribution is 5.85. The molecule has 0 unspecified atom stereocenters. The summed E-state index contributed by atoms with van der Waals surface area (Å²) in [5, 5.41) is 16.1. The molecular formula is C8H8ClN3O2. The fraction of sp³-hybridized carbons (Fsp3) is 0.125. The second-order valence-corrected chi connectivity index (χ2v) is 2.63. The minimum Gasteiger partial charge on any atom is -0.480 e. The van der Waals surface area contributed by atoms with Gasteiger partial charge >= 0.3 is 5.97 Å². The first-order valence-corrected chi connectivity index (χ1v) is 3.77. The van der Waals surface area contributed by atoms with Gasteiger partial charge in [-0.1, -0.05) is 17.3 Å². The van der Waals surface area contributed by atoms with Gasteiger partial charge in [0.2, 0.25) is 0 Å². The lowest BCUT2D eigenvalue weighted by Crippen LogP contribution is -2.09. The Bertz CT molecular complexity index is 455. The molecule has 14 heavy (non-hydrogen) atoms. The van der Waals surface area contributed by atoms with E-state index in [1.165, 1.54) is 4.68 Å². The van der Waals surface area contributed by atoms with Crippen LogP contribution in [-0.2, 0) is 11.3 Å². The van der Waals surface area contributed by atoms with Gasteiger partial charge in [0.25, 0.3) is 0 Å². The van der Waals surface area contributed by atoms with E-state index in [4.69, 9.17) is 5.11 Å². The van der Waals surface area contributed by atoms with E-state index in [1.54, 1.807) is 12.1 Å². The summed E-state index contributed by atoms with van der Waals surface area (Å²) < 4.78 is 1.36. The zero-order chi connectivity index (χ0) is 9.26. The van der Waals surface area contributed by atoms with E-state index in [9.17, 15) is 4.79 Å². The fourth-order valence-electron chi connectivity index (χ4n) is 1.16. The highest BCUT2D eigenvalue weighted by Crippen LogP contribution is 2.08. The second-order valence-electron chi connectivity index (χ2n) is 2.63. The van der Waals surface area contributed by atoms with Gasteiger partial charge in [0.1, 0.15) is 12.1 Å². The molecule has 6 heteroatoms. The van der Waals surface area contributed by atoms with Crippen molar-refractivity contribution in [3.05, 3.63) is 24.3 Å². The Labute approximate surface area is 85.7 Å². The van der Waals surface area contributed by atoms with Crippen molar-refractivity contribution in [2.45, 2.75) is 6.54 Å². The van der Waals surface area contributed by atoms with E-state index in [1.807, 2.05) is 12.1 Å². The topological polar surface area (TPSA) is 68.0 Å². The molecule has 0 aliphatic heterocycles. The number of aromatic nitrogens is 3. The molecule has 0 amide bonds. The molecular weight excluding hydrogens is 206 g/mol. The van der Waals surface area contributed by atoms with Crippen molar-refractivity contribution >= 4 is 29.4 Å². The van der Waals surface area contributed by atoms with Crippen LogP contribution in [0.25, 0.3) is 11.0 Å². The molecule has 0 fully saturated rings. The highest BCUT2D eigenvalue weighted by atomic mass is 35.5. The van der Waals surface area contributed by atoms with Crippen molar-refractivity contribution in [2.75, 3.05) is 0 Å². The number of rotatable bonds is 2. The zero-order valence-electron chi connectivity index (χ0n) is 7.12. The van der Waals surface area contributed by atoms with Crippen LogP contribution < -0.4 is 0 Å². The average Bonchev–Trinajstić information content (AvgIpc) is 2.48. The molecule has 0 aliphatic carbocycles. The minimum absolute atomic E-state index is 0. The summed E-state index contributed by atoms with van der Waals surface area (Å²) in [6.45, 7) is -0.152. The van der Waals surface area contributed by atoms with Crippen molar-refractivity contribution < 1.29 is 9.90 Å². The van der Waals surface area contributed by atoms with E-state index < -0.39 is 5.97 Å². The summed E-state index contributed by atoms with van der Waals surface area (Å²) in [5.74, 6) is -0.921. The predicted molar refractivity (Wildman–Crippen MR) is 52.4 cm³/mol. The molecule has 0 saturated carbocycles. The van der Waals surface area contributed by atoms with Crippen molar-refractivity contribution in [3.8, 4) is 0 Å². The number of fused-ring (bicyclic) bond motifs is 1. The SMILES string of the molecule is Cl.O=C(O)Cn1nnc2ccccc21. The lowest BCUT2D eigenvalue weighted by molar-refractivity contribution is -0.137. The Hall–Kier alpha value is -1.62. The first-order chi connectivity index (χ1) is 6.27. The van der Waals surface area contributed by atoms with Gasteiger partial charge in [0, 0.05) is 0 Å². The Morgan fingerprint density at radius 1 is 1.43 bits per heavy atom. The molecule has 0 atom stereocenters. The van der Waals surface area contributed by atoms with Gasteiger partial charge in [0.05, 0.1) is 5.52 Å². The van der Waals surface area contributed by atoms with Crippen LogP contribution in [-0.4, -0.2) is 26.1 Å². The van der Waals surface area contributed by atoms with Crippen LogP contribution in [0.4, 0.5) is 0 Å². The van der Waals surface area contributed by atoms with Crippen molar-refractivity contribution in [1.29, 1.82) is 0 Å². The fourth-order valence-corrected chi connectivity index (χ4v) is 1.16. The van der Waals surface area contributed by atoms with Gasteiger partial charge < -0.3 is 5.11 Å². The van der Waals surface area contributed by atoms with E-state index in [0.29, 0.717) is 5.52 Å². The van der Waals surface area contributed by atoms with Crippen LogP contribution in [0.1, 0.15) is 0 Å². The molecule has 2 rings (SSSR count). The van der Waals surface area contributed by atoms with Gasteiger partial charge in [-0.25, -0.2) is 4.68 Å². The summed E-state index contributed by atoms with van der Waals surface area (Å²) in [7, 11) is 0. The Kier molecular flexibility index (Phi) is 3.03. The maximum Gasteiger partial charge on any atom is 0.325 e. The van der Waals surface area contributed by atoms with E-state index >= 15 is 0 Å². The van der Waals surface area contributed by atoms with Gasteiger partial charge in [-0.2, -0.15) is 0 Å². The monoisotopic (exact) mass is 213 g/mol. The summed E-state index contributed by atoms with van der Waals surface area (Å²) in [6, 6.07) is 7.24. The summed E-state index contributed by atoms with van der Waals surface area (Å²) in [5.41, 5.74) is 1.45. The lowest BCUT2D eigenvalue weighted by Gasteiger charge is -1.95. The number of carboxylic acid groups (broad SMARTS) is 1. The summed E-state index contributed by atoms with van der Waals surface area (Å²) in [4.78, 5) is 10.4. The lowest BCUT2D eigenvalue weighted by atomic mass is 10.3. The quantitative estimate of drug-likeness (QED) is 0.806. The zero-order valence-corrected chi connectivity index (χ0v) is 7.94. The Balaban J connectivity index is 0.000000980. The van der Waals surface area contributed by atoms with Crippen LogP contribution in [0, 0.1) is 0 Å². The van der Waals surface area contributed by atoms with Crippen LogP contribution in [0.5, 0.6) is 0 Å². The molecule has 1 aromatic heterocycles. The standard InChI is InChI=1S/C8H7N3O2.ClH/c12-8(13)5-11-7-4-2-1-3-6(7)9-10-11;/h1-4H,5H2,(H,12,13);1H. The molecule has 74 valence electrons. The molecule has 0 bridgehead atoms. The number of para-hydroxylation sites is 1. The largest absolute Gasteiger partial charge is 0.480 e. The normalized spacial score (nSPS) is 9.71. The number of aliphatic carboxylic acids is 1. The summed E-state index contributed by atoms with van der Waals surface area (Å²) in [6.07, 6.45) is 0. The number of halogens is 1. The third kappa shape index (κ3) is 1.82. The maximum absolute atomic E-state index is 10.4. The molecule has 0 radical (unpaired) electrons. The molecule has 0 aliphatic rings. The molecule has 1 aromatic carbocycles. The maximum atomic E-state index is 10.4. The van der Waals surface area contributed by atoms with Crippen LogP contribution >= 0.6 is 12.4 Å². The van der Waals surface area contributed by atoms with Gasteiger partial charge in [-0.3, -0.25) is 4.79 Å². The first-order valence-electron chi connectivity index (χ1n) is 3.77. The number of carboxylic acids is 1.